The molecule has 0 radical (unpaired) electrons. The van der Waals surface area contributed by atoms with Gasteiger partial charge in [-0.05, 0) is 50.9 Å². The van der Waals surface area contributed by atoms with Crippen LogP contribution in [0.1, 0.15) is 32.3 Å². The number of piperidine rings is 1. The summed E-state index contributed by atoms with van der Waals surface area (Å²) in [5, 5.41) is 11.8. The zero-order chi connectivity index (χ0) is 19.3. The van der Waals surface area contributed by atoms with Gasteiger partial charge in [0.15, 0.2) is 0 Å². The molecule has 0 aromatic heterocycles. The molecule has 1 heterocycles. The summed E-state index contributed by atoms with van der Waals surface area (Å²) < 4.78 is 13.4. The van der Waals surface area contributed by atoms with Gasteiger partial charge < -0.3 is 10.4 Å². The van der Waals surface area contributed by atoms with Gasteiger partial charge >= 0.3 is 5.97 Å². The van der Waals surface area contributed by atoms with Gasteiger partial charge in [-0.25, -0.2) is 4.39 Å². The van der Waals surface area contributed by atoms with E-state index in [1.54, 1.807) is 6.07 Å². The first-order valence-electron chi connectivity index (χ1n) is 9.08. The van der Waals surface area contributed by atoms with Crippen LogP contribution in [0.15, 0.2) is 18.2 Å². The van der Waals surface area contributed by atoms with Crippen LogP contribution in [0.5, 0.6) is 0 Å². The fraction of sp³-hybridized carbons (Fsp3) is 0.579. The highest BCUT2D eigenvalue weighted by Crippen LogP contribution is 2.20. The Morgan fingerprint density at radius 1 is 1.37 bits per heavy atom. The Balaban J connectivity index is 0.00000364. The van der Waals surface area contributed by atoms with Crippen LogP contribution in [-0.4, -0.2) is 65.0 Å². The van der Waals surface area contributed by atoms with Crippen LogP contribution in [0.4, 0.5) is 10.1 Å². The second kappa shape index (κ2) is 10.6. The summed E-state index contributed by atoms with van der Waals surface area (Å²) in [6.45, 7) is 7.86. The minimum Gasteiger partial charge on any atom is -0.480 e. The molecule has 1 atom stereocenters. The molecule has 0 saturated carbocycles. The van der Waals surface area contributed by atoms with Crippen molar-refractivity contribution in [1.82, 2.24) is 9.80 Å². The van der Waals surface area contributed by atoms with E-state index in [1.807, 2.05) is 25.7 Å². The van der Waals surface area contributed by atoms with Crippen molar-refractivity contribution >= 4 is 30.0 Å². The van der Waals surface area contributed by atoms with Crippen molar-refractivity contribution in [3.63, 3.8) is 0 Å². The van der Waals surface area contributed by atoms with Gasteiger partial charge in [0.1, 0.15) is 5.82 Å². The molecular formula is C19H29ClFN3O3. The van der Waals surface area contributed by atoms with Gasteiger partial charge in [0.05, 0.1) is 12.6 Å². The van der Waals surface area contributed by atoms with Crippen LogP contribution in [0, 0.1) is 12.7 Å². The lowest BCUT2D eigenvalue weighted by molar-refractivity contribution is -0.139. The highest BCUT2D eigenvalue weighted by molar-refractivity contribution is 5.95. The summed E-state index contributed by atoms with van der Waals surface area (Å²) in [6.07, 6.45) is 1.66. The number of hydrogen-bond donors (Lipinski definition) is 2. The van der Waals surface area contributed by atoms with Crippen LogP contribution in [0.25, 0.3) is 0 Å². The normalized spacial score (nSPS) is 16.6. The second-order valence-electron chi connectivity index (χ2n) is 6.85. The number of carbonyl (C=O) groups excluding carboxylic acids is 1. The third-order valence-electron chi connectivity index (χ3n) is 5.14. The number of carboxylic acids is 1. The predicted molar refractivity (Wildman–Crippen MR) is 106 cm³/mol. The molecule has 1 aliphatic heterocycles. The first-order valence-corrected chi connectivity index (χ1v) is 9.08. The molecule has 1 fully saturated rings. The van der Waals surface area contributed by atoms with E-state index in [-0.39, 0.29) is 42.8 Å². The van der Waals surface area contributed by atoms with Crippen LogP contribution in [0.3, 0.4) is 0 Å². The maximum Gasteiger partial charge on any atom is 0.317 e. The number of rotatable bonds is 7. The van der Waals surface area contributed by atoms with Gasteiger partial charge in [0.2, 0.25) is 5.91 Å². The van der Waals surface area contributed by atoms with Crippen molar-refractivity contribution < 1.29 is 19.1 Å². The number of carbonyl (C=O) groups is 2. The fourth-order valence-corrected chi connectivity index (χ4v) is 3.44. The van der Waals surface area contributed by atoms with Crippen molar-refractivity contribution in [3.8, 4) is 0 Å². The number of likely N-dealkylation sites (tertiary alicyclic amines) is 1. The molecular weight excluding hydrogens is 373 g/mol. The molecule has 1 saturated heterocycles. The standard InChI is InChI=1S/C19H28FN3O3.ClH/c1-4-22(12-18(24)25)16-7-9-23(10-8-16)14(3)19(26)21-17-11-15(20)6-5-13(17)2;/h5-6,11,14,16H,4,7-10,12H2,1-3H3,(H,21,26)(H,24,25);1H. The number of aliphatic carboxylic acids is 1. The summed E-state index contributed by atoms with van der Waals surface area (Å²) in [6, 6.07) is 4.25. The van der Waals surface area contributed by atoms with E-state index in [1.165, 1.54) is 12.1 Å². The Bertz CT molecular complexity index is 651. The Morgan fingerprint density at radius 3 is 2.56 bits per heavy atom. The SMILES string of the molecule is CCN(CC(=O)O)C1CCN(C(C)C(=O)Nc2cc(F)ccc2C)CC1.Cl. The highest BCUT2D eigenvalue weighted by Gasteiger charge is 2.29. The Hall–Kier alpha value is -1.70. The third-order valence-corrected chi connectivity index (χ3v) is 5.14. The van der Waals surface area contributed by atoms with Gasteiger partial charge in [0, 0.05) is 24.8 Å². The van der Waals surface area contributed by atoms with Crippen LogP contribution in [-0.2, 0) is 9.59 Å². The summed E-state index contributed by atoms with van der Waals surface area (Å²) >= 11 is 0. The lowest BCUT2D eigenvalue weighted by Gasteiger charge is -2.39. The molecule has 6 nitrogen and oxygen atoms in total. The Labute approximate surface area is 166 Å². The molecule has 1 unspecified atom stereocenters. The number of benzene rings is 1. The van der Waals surface area contributed by atoms with Crippen LogP contribution in [0.2, 0.25) is 0 Å². The number of carboxylic acid groups (broad SMARTS) is 1. The number of likely N-dealkylation sites (N-methyl/N-ethyl adjacent to an activating group) is 1. The summed E-state index contributed by atoms with van der Waals surface area (Å²) in [5.41, 5.74) is 1.31. The molecule has 1 aromatic rings. The number of hydrogen-bond acceptors (Lipinski definition) is 4. The summed E-state index contributed by atoms with van der Waals surface area (Å²) in [7, 11) is 0. The molecule has 0 bridgehead atoms. The summed E-state index contributed by atoms with van der Waals surface area (Å²) in [5.74, 6) is -1.35. The maximum absolute atomic E-state index is 13.4. The number of nitrogens with one attached hydrogen (secondary N) is 1. The summed E-state index contributed by atoms with van der Waals surface area (Å²) in [4.78, 5) is 27.6. The molecule has 152 valence electrons. The Kier molecular flexibility index (Phi) is 9.15. The number of halogens is 2. The average Bonchev–Trinajstić information content (AvgIpc) is 2.62. The third kappa shape index (κ3) is 6.45. The molecule has 8 heteroatoms. The number of nitrogens with zero attached hydrogens (tertiary/aromatic N) is 2. The van der Waals surface area contributed by atoms with E-state index >= 15 is 0 Å². The highest BCUT2D eigenvalue weighted by atomic mass is 35.5. The van der Waals surface area contributed by atoms with E-state index in [0.29, 0.717) is 12.2 Å². The number of aryl methyl sites for hydroxylation is 1. The zero-order valence-electron chi connectivity index (χ0n) is 16.1. The monoisotopic (exact) mass is 401 g/mol. The van der Waals surface area contributed by atoms with Crippen molar-refractivity contribution in [3.05, 3.63) is 29.6 Å². The van der Waals surface area contributed by atoms with Crippen molar-refractivity contribution in [2.24, 2.45) is 0 Å². The smallest absolute Gasteiger partial charge is 0.317 e. The predicted octanol–water partition coefficient (Wildman–Crippen LogP) is 2.75. The molecule has 1 amide bonds. The minimum atomic E-state index is -0.813. The van der Waals surface area contributed by atoms with Crippen LogP contribution >= 0.6 is 12.4 Å². The topological polar surface area (TPSA) is 72.9 Å². The van der Waals surface area contributed by atoms with Gasteiger partial charge in [0.25, 0.3) is 0 Å². The van der Waals surface area contributed by atoms with Gasteiger partial charge in [-0.3, -0.25) is 19.4 Å². The van der Waals surface area contributed by atoms with Crippen molar-refractivity contribution in [2.75, 3.05) is 31.5 Å². The van der Waals surface area contributed by atoms with E-state index < -0.39 is 5.97 Å². The lowest BCUT2D eigenvalue weighted by Crippen LogP contribution is -2.51. The van der Waals surface area contributed by atoms with Crippen molar-refractivity contribution in [1.29, 1.82) is 0 Å². The first-order chi connectivity index (χ1) is 12.3. The minimum absolute atomic E-state index is 0. The quantitative estimate of drug-likeness (QED) is 0.735. The largest absolute Gasteiger partial charge is 0.480 e. The van der Waals surface area contributed by atoms with Gasteiger partial charge in [-0.15, -0.1) is 12.4 Å². The molecule has 1 aromatic carbocycles. The van der Waals surface area contributed by atoms with E-state index in [9.17, 15) is 14.0 Å². The first kappa shape index (κ1) is 23.3. The van der Waals surface area contributed by atoms with Gasteiger partial charge in [-0.1, -0.05) is 13.0 Å². The second-order valence-corrected chi connectivity index (χ2v) is 6.85. The molecule has 2 rings (SSSR count). The molecule has 2 N–H and O–H groups in total. The van der Waals surface area contributed by atoms with E-state index in [0.717, 1.165) is 31.5 Å². The van der Waals surface area contributed by atoms with E-state index in [2.05, 4.69) is 10.2 Å². The zero-order valence-corrected chi connectivity index (χ0v) is 16.9. The lowest BCUT2D eigenvalue weighted by atomic mass is 10.0. The average molecular weight is 402 g/mol. The fourth-order valence-electron chi connectivity index (χ4n) is 3.44. The number of amides is 1. The molecule has 27 heavy (non-hydrogen) atoms. The Morgan fingerprint density at radius 2 is 2.00 bits per heavy atom. The van der Waals surface area contributed by atoms with E-state index in [4.69, 9.17) is 5.11 Å². The van der Waals surface area contributed by atoms with Gasteiger partial charge in [-0.2, -0.15) is 0 Å². The maximum atomic E-state index is 13.4. The molecule has 1 aliphatic rings. The molecule has 0 spiro atoms. The van der Waals surface area contributed by atoms with Crippen molar-refractivity contribution in [2.45, 2.75) is 45.7 Å². The van der Waals surface area contributed by atoms with Crippen LogP contribution < -0.4 is 5.32 Å². The number of anilines is 1. The molecule has 0 aliphatic carbocycles.